The quantitative estimate of drug-likeness (QED) is 0.275. The molecule has 0 radical (unpaired) electrons. The number of alkyl halides is 3. The highest BCUT2D eigenvalue weighted by Gasteiger charge is 2.25. The zero-order chi connectivity index (χ0) is 20.0. The first-order valence-corrected chi connectivity index (χ1v) is 10.9. The summed E-state index contributed by atoms with van der Waals surface area (Å²) < 4.78 is 67.0. The third kappa shape index (κ3) is 18.3. The minimum atomic E-state index is -4.14. The molecule has 0 aliphatic heterocycles. The maximum absolute atomic E-state index is 11.7. The molecule has 0 saturated heterocycles. The number of unbranched alkanes of at least 4 members (excludes halogenated alkanes) is 5. The van der Waals surface area contributed by atoms with Crippen LogP contribution in [0.4, 0.5) is 13.2 Å². The van der Waals surface area contributed by atoms with Gasteiger partial charge in [0.15, 0.2) is 0 Å². The molecule has 0 atom stereocenters. The lowest BCUT2D eigenvalue weighted by atomic mass is 10.1. The molecule has 0 heterocycles. The third-order valence-corrected chi connectivity index (χ3v) is 5.58. The van der Waals surface area contributed by atoms with E-state index in [0.717, 1.165) is 0 Å². The minimum Gasteiger partial charge on any atom is -0.748 e. The number of nitrogens with zero attached hydrogens (tertiary/aromatic N) is 1. The Bertz CT molecular complexity index is 390. The van der Waals surface area contributed by atoms with Crippen LogP contribution in [0.2, 0.25) is 0 Å². The summed E-state index contributed by atoms with van der Waals surface area (Å²) in [5.41, 5.74) is 0. The molecule has 0 N–H and O–H groups in total. The van der Waals surface area contributed by atoms with Crippen molar-refractivity contribution in [1.82, 2.24) is 0 Å². The lowest BCUT2D eigenvalue weighted by Gasteiger charge is -2.34. The van der Waals surface area contributed by atoms with Crippen molar-refractivity contribution in [2.75, 3.05) is 31.9 Å². The maximum Gasteiger partial charge on any atom is 0.389 e. The fraction of sp³-hybridized carbons (Fsp3) is 1.00. The fourth-order valence-corrected chi connectivity index (χ4v) is 3.21. The van der Waals surface area contributed by atoms with Gasteiger partial charge in [-0.3, -0.25) is 0 Å². The van der Waals surface area contributed by atoms with Crippen molar-refractivity contribution in [2.24, 2.45) is 0 Å². The second kappa shape index (κ2) is 13.8. The molecule has 0 aliphatic rings. The van der Waals surface area contributed by atoms with Crippen LogP contribution < -0.4 is 0 Å². The summed E-state index contributed by atoms with van der Waals surface area (Å²) in [4.78, 5) is 0. The zero-order valence-electron chi connectivity index (χ0n) is 16.2. The van der Waals surface area contributed by atoms with Crippen molar-refractivity contribution in [3.8, 4) is 0 Å². The van der Waals surface area contributed by atoms with Crippen LogP contribution in [0.3, 0.4) is 0 Å². The second-order valence-electron chi connectivity index (χ2n) is 6.35. The van der Waals surface area contributed by atoms with Crippen LogP contribution in [0.15, 0.2) is 0 Å². The Labute approximate surface area is 152 Å². The van der Waals surface area contributed by atoms with Gasteiger partial charge in [-0.05, 0) is 40.5 Å². The summed E-state index contributed by atoms with van der Waals surface area (Å²) in [7, 11) is -4.14. The van der Waals surface area contributed by atoms with Crippen molar-refractivity contribution in [3.05, 3.63) is 0 Å². The highest BCUT2D eigenvalue weighted by atomic mass is 32.2. The third-order valence-electron chi connectivity index (χ3n) is 4.79. The standard InChI is InChI=1S/C9H17F3O3S.C8H20N/c10-9(11,12)7-5-3-1-2-4-6-8-16(13,14)15;1-5-9(6-2,7-3)8-4/h1-8H2,(H,13,14,15);5-8H2,1-4H3/q;+1/p-1. The van der Waals surface area contributed by atoms with Crippen LogP contribution in [-0.2, 0) is 10.1 Å². The van der Waals surface area contributed by atoms with E-state index in [0.29, 0.717) is 32.1 Å². The lowest BCUT2D eigenvalue weighted by molar-refractivity contribution is -0.921. The van der Waals surface area contributed by atoms with Crippen molar-refractivity contribution in [2.45, 2.75) is 78.8 Å². The molecule has 0 rings (SSSR count). The van der Waals surface area contributed by atoms with Gasteiger partial charge in [-0.15, -0.1) is 0 Å². The fourth-order valence-electron chi connectivity index (χ4n) is 2.65. The maximum atomic E-state index is 11.7. The summed E-state index contributed by atoms with van der Waals surface area (Å²) in [5.74, 6) is -0.379. The van der Waals surface area contributed by atoms with Crippen LogP contribution in [0.25, 0.3) is 0 Å². The van der Waals surface area contributed by atoms with Crippen molar-refractivity contribution in [1.29, 1.82) is 0 Å². The van der Waals surface area contributed by atoms with Gasteiger partial charge < -0.3 is 9.04 Å². The van der Waals surface area contributed by atoms with E-state index in [9.17, 15) is 26.1 Å². The minimum absolute atomic E-state index is 0.114. The van der Waals surface area contributed by atoms with Crippen LogP contribution >= 0.6 is 0 Å². The summed E-state index contributed by atoms with van der Waals surface area (Å²) in [6.45, 7) is 14.2. The summed E-state index contributed by atoms with van der Waals surface area (Å²) in [6, 6.07) is 0. The zero-order valence-corrected chi connectivity index (χ0v) is 17.0. The lowest BCUT2D eigenvalue weighted by Crippen LogP contribution is -2.47. The van der Waals surface area contributed by atoms with Gasteiger partial charge in [0.05, 0.1) is 36.3 Å². The van der Waals surface area contributed by atoms with E-state index < -0.39 is 22.7 Å². The number of hydrogen-bond acceptors (Lipinski definition) is 3. The molecule has 0 unspecified atom stereocenters. The van der Waals surface area contributed by atoms with Gasteiger partial charge in [0.25, 0.3) is 0 Å². The van der Waals surface area contributed by atoms with Gasteiger partial charge in [0.2, 0.25) is 0 Å². The smallest absolute Gasteiger partial charge is 0.389 e. The van der Waals surface area contributed by atoms with Gasteiger partial charge in [-0.25, -0.2) is 8.42 Å². The Morgan fingerprint density at radius 1 is 0.760 bits per heavy atom. The van der Waals surface area contributed by atoms with E-state index in [1.54, 1.807) is 0 Å². The van der Waals surface area contributed by atoms with Crippen molar-refractivity contribution < 1.29 is 30.6 Å². The molecule has 8 heteroatoms. The van der Waals surface area contributed by atoms with Crippen LogP contribution in [0.1, 0.15) is 72.6 Å². The van der Waals surface area contributed by atoms with E-state index in [2.05, 4.69) is 27.7 Å². The largest absolute Gasteiger partial charge is 0.748 e. The number of quaternary nitrogens is 1. The van der Waals surface area contributed by atoms with Gasteiger partial charge in [0.1, 0.15) is 0 Å². The molecular formula is C17H36F3NO3S. The normalized spacial score (nSPS) is 12.6. The predicted molar refractivity (Wildman–Crippen MR) is 95.4 cm³/mol. The van der Waals surface area contributed by atoms with Gasteiger partial charge in [-0.2, -0.15) is 13.2 Å². The number of halogens is 3. The van der Waals surface area contributed by atoms with Crippen LogP contribution in [0.5, 0.6) is 0 Å². The van der Waals surface area contributed by atoms with E-state index in [4.69, 9.17) is 0 Å². The first-order chi connectivity index (χ1) is 11.4. The molecular weight excluding hydrogens is 355 g/mol. The molecule has 0 aromatic heterocycles. The second-order valence-corrected chi connectivity index (χ2v) is 7.88. The average molecular weight is 392 g/mol. The van der Waals surface area contributed by atoms with E-state index in [-0.39, 0.29) is 12.2 Å². The van der Waals surface area contributed by atoms with Gasteiger partial charge in [0, 0.05) is 12.2 Å². The van der Waals surface area contributed by atoms with E-state index >= 15 is 0 Å². The monoisotopic (exact) mass is 391 g/mol. The van der Waals surface area contributed by atoms with E-state index in [1.807, 2.05) is 0 Å². The first kappa shape index (κ1) is 26.9. The molecule has 0 bridgehead atoms. The average Bonchev–Trinajstić information content (AvgIpc) is 2.51. The highest BCUT2D eigenvalue weighted by Crippen LogP contribution is 2.23. The Balaban J connectivity index is 0. The SMILES string of the molecule is CC[N+](CC)(CC)CC.O=S(=O)([O-])CCCCCCCCC(F)(F)F. The topological polar surface area (TPSA) is 57.2 Å². The molecule has 154 valence electrons. The molecule has 0 saturated carbocycles. The molecule has 0 aromatic rings. The van der Waals surface area contributed by atoms with Crippen LogP contribution in [0, 0.1) is 0 Å². The summed E-state index contributed by atoms with van der Waals surface area (Å²) in [5, 5.41) is 0. The molecule has 0 aromatic carbocycles. The summed E-state index contributed by atoms with van der Waals surface area (Å²) in [6.07, 6.45) is -2.05. The van der Waals surface area contributed by atoms with Gasteiger partial charge >= 0.3 is 6.18 Å². The number of hydrogen-bond donors (Lipinski definition) is 0. The first-order valence-electron chi connectivity index (χ1n) is 9.30. The molecule has 0 aliphatic carbocycles. The molecule has 0 amide bonds. The Morgan fingerprint density at radius 2 is 1.12 bits per heavy atom. The molecule has 25 heavy (non-hydrogen) atoms. The molecule has 4 nitrogen and oxygen atoms in total. The molecule has 0 fully saturated rings. The highest BCUT2D eigenvalue weighted by molar-refractivity contribution is 7.85. The Kier molecular flexibility index (Phi) is 14.9. The van der Waals surface area contributed by atoms with Crippen molar-refractivity contribution >= 4 is 10.1 Å². The Hall–Kier alpha value is -0.340. The molecule has 0 spiro atoms. The van der Waals surface area contributed by atoms with Gasteiger partial charge in [-0.1, -0.05) is 25.7 Å². The Morgan fingerprint density at radius 3 is 1.40 bits per heavy atom. The van der Waals surface area contributed by atoms with Crippen molar-refractivity contribution in [3.63, 3.8) is 0 Å². The van der Waals surface area contributed by atoms with Crippen LogP contribution in [-0.4, -0.2) is 55.6 Å². The number of rotatable bonds is 12. The predicted octanol–water partition coefficient (Wildman–Crippen LogP) is 4.71. The van der Waals surface area contributed by atoms with E-state index in [1.165, 1.54) is 30.7 Å². The summed E-state index contributed by atoms with van der Waals surface area (Å²) >= 11 is 0.